The second-order valence-corrected chi connectivity index (χ2v) is 6.58. The maximum atomic E-state index is 13.1. The average Bonchev–Trinajstić information content (AvgIpc) is 3.21. The molecule has 0 bridgehead atoms. The van der Waals surface area contributed by atoms with Crippen molar-refractivity contribution in [2.24, 2.45) is 5.92 Å². The number of nitrogens with zero attached hydrogens (tertiary/aromatic N) is 1. The van der Waals surface area contributed by atoms with Crippen molar-refractivity contribution in [3.05, 3.63) is 29.8 Å². The Bertz CT molecular complexity index is 489. The SMILES string of the molecule is CC(C)CN(C(=O)CSc1ccc(F)c(F)c1)C1CC1. The fourth-order valence-electron chi connectivity index (χ4n) is 2.03. The van der Waals surface area contributed by atoms with Crippen LogP contribution >= 0.6 is 11.8 Å². The molecule has 1 fully saturated rings. The minimum absolute atomic E-state index is 0.0796. The van der Waals surface area contributed by atoms with E-state index in [9.17, 15) is 13.6 Å². The van der Waals surface area contributed by atoms with Gasteiger partial charge < -0.3 is 4.90 Å². The molecule has 20 heavy (non-hydrogen) atoms. The number of rotatable bonds is 6. The van der Waals surface area contributed by atoms with Crippen LogP contribution in [0.5, 0.6) is 0 Å². The molecular weight excluding hydrogens is 280 g/mol. The Morgan fingerprint density at radius 3 is 2.60 bits per heavy atom. The van der Waals surface area contributed by atoms with Crippen molar-refractivity contribution >= 4 is 17.7 Å². The second-order valence-electron chi connectivity index (χ2n) is 5.54. The predicted octanol–water partition coefficient (Wildman–Crippen LogP) is 3.70. The molecule has 5 heteroatoms. The van der Waals surface area contributed by atoms with Crippen LogP contribution < -0.4 is 0 Å². The van der Waals surface area contributed by atoms with Crippen LogP contribution in [0, 0.1) is 17.6 Å². The van der Waals surface area contributed by atoms with Gasteiger partial charge in [-0.25, -0.2) is 8.78 Å². The normalized spacial score (nSPS) is 14.7. The number of benzene rings is 1. The lowest BCUT2D eigenvalue weighted by atomic mass is 10.2. The Kier molecular flexibility index (Phi) is 5.02. The van der Waals surface area contributed by atoms with Crippen molar-refractivity contribution in [1.82, 2.24) is 4.90 Å². The molecule has 2 nitrogen and oxygen atoms in total. The zero-order valence-electron chi connectivity index (χ0n) is 11.7. The third-order valence-electron chi connectivity index (χ3n) is 3.12. The third-order valence-corrected chi connectivity index (χ3v) is 4.10. The molecule has 1 amide bonds. The Labute approximate surface area is 122 Å². The summed E-state index contributed by atoms with van der Waals surface area (Å²) in [6.07, 6.45) is 2.16. The molecule has 1 aromatic carbocycles. The highest BCUT2D eigenvalue weighted by Gasteiger charge is 2.32. The Morgan fingerprint density at radius 2 is 2.05 bits per heavy atom. The number of carbonyl (C=O) groups excluding carboxylic acids is 1. The fraction of sp³-hybridized carbons (Fsp3) is 0.533. The molecule has 110 valence electrons. The van der Waals surface area contributed by atoms with Crippen LogP contribution in [-0.2, 0) is 4.79 Å². The molecule has 0 saturated heterocycles. The van der Waals surface area contributed by atoms with Crippen LogP contribution in [0.3, 0.4) is 0 Å². The largest absolute Gasteiger partial charge is 0.339 e. The number of hydrogen-bond acceptors (Lipinski definition) is 2. The van der Waals surface area contributed by atoms with Crippen LogP contribution in [0.25, 0.3) is 0 Å². The summed E-state index contributed by atoms with van der Waals surface area (Å²) < 4.78 is 25.9. The average molecular weight is 299 g/mol. The molecule has 0 heterocycles. The number of hydrogen-bond donors (Lipinski definition) is 0. The Morgan fingerprint density at radius 1 is 1.35 bits per heavy atom. The molecule has 0 N–H and O–H groups in total. The van der Waals surface area contributed by atoms with Gasteiger partial charge in [0.2, 0.25) is 5.91 Å². The highest BCUT2D eigenvalue weighted by Crippen LogP contribution is 2.29. The summed E-state index contributed by atoms with van der Waals surface area (Å²) in [6, 6.07) is 4.11. The number of carbonyl (C=O) groups is 1. The minimum Gasteiger partial charge on any atom is -0.339 e. The Balaban J connectivity index is 1.91. The molecule has 0 atom stereocenters. The smallest absolute Gasteiger partial charge is 0.233 e. The lowest BCUT2D eigenvalue weighted by Gasteiger charge is -2.24. The molecule has 0 unspecified atom stereocenters. The lowest BCUT2D eigenvalue weighted by Crippen LogP contribution is -2.37. The zero-order valence-corrected chi connectivity index (χ0v) is 12.6. The second kappa shape index (κ2) is 6.57. The van der Waals surface area contributed by atoms with Gasteiger partial charge in [-0.05, 0) is 37.0 Å². The van der Waals surface area contributed by atoms with E-state index in [4.69, 9.17) is 0 Å². The molecule has 1 aliphatic carbocycles. The van der Waals surface area contributed by atoms with Crippen LogP contribution in [-0.4, -0.2) is 29.1 Å². The van der Waals surface area contributed by atoms with Crippen molar-refractivity contribution in [1.29, 1.82) is 0 Å². The number of amides is 1. The first-order valence-electron chi connectivity index (χ1n) is 6.84. The molecule has 1 aliphatic rings. The van der Waals surface area contributed by atoms with E-state index >= 15 is 0 Å². The van der Waals surface area contributed by atoms with E-state index in [1.807, 2.05) is 4.90 Å². The lowest BCUT2D eigenvalue weighted by molar-refractivity contribution is -0.129. The van der Waals surface area contributed by atoms with Gasteiger partial charge >= 0.3 is 0 Å². The number of halogens is 2. The van der Waals surface area contributed by atoms with Crippen molar-refractivity contribution in [3.8, 4) is 0 Å². The van der Waals surface area contributed by atoms with E-state index in [2.05, 4.69) is 13.8 Å². The molecule has 1 aromatic rings. The summed E-state index contributed by atoms with van der Waals surface area (Å²) in [7, 11) is 0. The van der Waals surface area contributed by atoms with E-state index in [0.717, 1.165) is 31.5 Å². The highest BCUT2D eigenvalue weighted by atomic mass is 32.2. The van der Waals surface area contributed by atoms with Gasteiger partial charge in [0.25, 0.3) is 0 Å². The molecular formula is C15H19F2NOS. The van der Waals surface area contributed by atoms with E-state index in [1.54, 1.807) is 0 Å². The molecule has 0 aromatic heterocycles. The predicted molar refractivity (Wildman–Crippen MR) is 76.7 cm³/mol. The minimum atomic E-state index is -0.872. The maximum absolute atomic E-state index is 13.1. The van der Waals surface area contributed by atoms with E-state index < -0.39 is 11.6 Å². The van der Waals surface area contributed by atoms with Crippen LogP contribution in [0.4, 0.5) is 8.78 Å². The van der Waals surface area contributed by atoms with Gasteiger partial charge in [-0.2, -0.15) is 0 Å². The standard InChI is InChI=1S/C15H19F2NOS/c1-10(2)8-18(11-3-4-11)15(19)9-20-12-5-6-13(16)14(17)7-12/h5-7,10-11H,3-4,8-9H2,1-2H3. The topological polar surface area (TPSA) is 20.3 Å². The summed E-state index contributed by atoms with van der Waals surface area (Å²) in [4.78, 5) is 14.7. The maximum Gasteiger partial charge on any atom is 0.233 e. The molecule has 2 rings (SSSR count). The van der Waals surface area contributed by atoms with Gasteiger partial charge in [-0.1, -0.05) is 13.8 Å². The van der Waals surface area contributed by atoms with Gasteiger partial charge in [-0.3, -0.25) is 4.79 Å². The van der Waals surface area contributed by atoms with Crippen molar-refractivity contribution in [2.45, 2.75) is 37.6 Å². The first kappa shape index (κ1) is 15.3. The van der Waals surface area contributed by atoms with Gasteiger partial charge in [0.15, 0.2) is 11.6 Å². The highest BCUT2D eigenvalue weighted by molar-refractivity contribution is 8.00. The van der Waals surface area contributed by atoms with Gasteiger partial charge in [-0.15, -0.1) is 11.8 Å². The first-order chi connectivity index (χ1) is 9.47. The van der Waals surface area contributed by atoms with Crippen molar-refractivity contribution < 1.29 is 13.6 Å². The van der Waals surface area contributed by atoms with E-state index in [-0.39, 0.29) is 11.7 Å². The monoisotopic (exact) mass is 299 g/mol. The molecule has 1 saturated carbocycles. The number of thioether (sulfide) groups is 1. The summed E-state index contributed by atoms with van der Waals surface area (Å²) in [5.74, 6) is -0.943. The fourth-order valence-corrected chi connectivity index (χ4v) is 2.84. The van der Waals surface area contributed by atoms with Gasteiger partial charge in [0.1, 0.15) is 0 Å². The van der Waals surface area contributed by atoms with E-state index in [1.165, 1.54) is 17.8 Å². The van der Waals surface area contributed by atoms with Crippen LogP contribution in [0.1, 0.15) is 26.7 Å². The third kappa shape index (κ3) is 4.20. The van der Waals surface area contributed by atoms with E-state index in [0.29, 0.717) is 16.9 Å². The summed E-state index contributed by atoms with van der Waals surface area (Å²) in [5.41, 5.74) is 0. The molecule has 0 radical (unpaired) electrons. The molecule has 0 aliphatic heterocycles. The zero-order chi connectivity index (χ0) is 14.7. The Hall–Kier alpha value is -1.10. The van der Waals surface area contributed by atoms with Crippen molar-refractivity contribution in [2.75, 3.05) is 12.3 Å². The van der Waals surface area contributed by atoms with Gasteiger partial charge in [0, 0.05) is 17.5 Å². The quantitative estimate of drug-likeness (QED) is 0.746. The van der Waals surface area contributed by atoms with Crippen LogP contribution in [0.2, 0.25) is 0 Å². The summed E-state index contributed by atoms with van der Waals surface area (Å²) in [6.45, 7) is 4.94. The van der Waals surface area contributed by atoms with Crippen molar-refractivity contribution in [3.63, 3.8) is 0 Å². The summed E-state index contributed by atoms with van der Waals surface area (Å²) in [5, 5.41) is 0. The first-order valence-corrected chi connectivity index (χ1v) is 7.83. The van der Waals surface area contributed by atoms with Gasteiger partial charge in [0.05, 0.1) is 5.75 Å². The summed E-state index contributed by atoms with van der Waals surface area (Å²) >= 11 is 1.25. The van der Waals surface area contributed by atoms with Crippen LogP contribution in [0.15, 0.2) is 23.1 Å². The molecule has 0 spiro atoms.